The third kappa shape index (κ3) is 2.52. The Balaban J connectivity index is 2.22. The zero-order valence-corrected chi connectivity index (χ0v) is 10.6. The van der Waals surface area contributed by atoms with Crippen molar-refractivity contribution in [1.82, 2.24) is 15.0 Å². The molecule has 1 heterocycles. The standard InChI is InChI=1S/C12H13ClN4O/c1-8-11(12(18)16-14)15-7-17(8)6-9-2-4-10(13)5-3-9/h2-5,7H,6,14H2,1H3,(H,16,18). The molecule has 2 aromatic rings. The number of nitrogens with zero attached hydrogens (tertiary/aromatic N) is 2. The zero-order chi connectivity index (χ0) is 13.1. The van der Waals surface area contributed by atoms with Crippen LogP contribution >= 0.6 is 11.6 Å². The van der Waals surface area contributed by atoms with Gasteiger partial charge in [0.25, 0.3) is 5.91 Å². The van der Waals surface area contributed by atoms with Crippen LogP contribution in [0.3, 0.4) is 0 Å². The lowest BCUT2D eigenvalue weighted by atomic mass is 10.2. The highest BCUT2D eigenvalue weighted by Crippen LogP contribution is 2.13. The molecular formula is C12H13ClN4O. The molecule has 18 heavy (non-hydrogen) atoms. The van der Waals surface area contributed by atoms with Gasteiger partial charge in [0, 0.05) is 17.3 Å². The molecule has 0 aliphatic heterocycles. The lowest BCUT2D eigenvalue weighted by molar-refractivity contribution is 0.0948. The van der Waals surface area contributed by atoms with Crippen molar-refractivity contribution in [3.8, 4) is 0 Å². The Labute approximate surface area is 110 Å². The van der Waals surface area contributed by atoms with E-state index in [-0.39, 0.29) is 5.91 Å². The molecule has 3 N–H and O–H groups in total. The largest absolute Gasteiger partial charge is 0.330 e. The van der Waals surface area contributed by atoms with Crippen LogP contribution in [0.4, 0.5) is 0 Å². The second-order valence-electron chi connectivity index (χ2n) is 3.91. The first-order valence-corrected chi connectivity index (χ1v) is 5.76. The number of carbonyl (C=O) groups excluding carboxylic acids is 1. The summed E-state index contributed by atoms with van der Waals surface area (Å²) in [6.45, 7) is 2.46. The molecule has 0 spiro atoms. The van der Waals surface area contributed by atoms with Crippen molar-refractivity contribution in [3.05, 3.63) is 52.6 Å². The van der Waals surface area contributed by atoms with Crippen molar-refractivity contribution in [2.45, 2.75) is 13.5 Å². The van der Waals surface area contributed by atoms with Crippen molar-refractivity contribution >= 4 is 17.5 Å². The van der Waals surface area contributed by atoms with Crippen molar-refractivity contribution in [3.63, 3.8) is 0 Å². The minimum Gasteiger partial charge on any atom is -0.330 e. The molecule has 1 amide bonds. The number of hydrazine groups is 1. The minimum atomic E-state index is -0.387. The van der Waals surface area contributed by atoms with Crippen LogP contribution in [0.1, 0.15) is 21.7 Å². The zero-order valence-electron chi connectivity index (χ0n) is 9.85. The van der Waals surface area contributed by atoms with Crippen molar-refractivity contribution < 1.29 is 4.79 Å². The molecule has 0 radical (unpaired) electrons. The van der Waals surface area contributed by atoms with Crippen LogP contribution < -0.4 is 11.3 Å². The first-order valence-electron chi connectivity index (χ1n) is 5.39. The molecular weight excluding hydrogens is 252 g/mol. The van der Waals surface area contributed by atoms with E-state index in [9.17, 15) is 4.79 Å². The maximum atomic E-state index is 11.4. The lowest BCUT2D eigenvalue weighted by Gasteiger charge is -2.06. The van der Waals surface area contributed by atoms with Crippen LogP contribution in [0.25, 0.3) is 0 Å². The fraction of sp³-hybridized carbons (Fsp3) is 0.167. The highest BCUT2D eigenvalue weighted by Gasteiger charge is 2.13. The third-order valence-electron chi connectivity index (χ3n) is 2.71. The van der Waals surface area contributed by atoms with E-state index < -0.39 is 0 Å². The fourth-order valence-electron chi connectivity index (χ4n) is 1.68. The van der Waals surface area contributed by atoms with Crippen LogP contribution in [0.2, 0.25) is 5.02 Å². The van der Waals surface area contributed by atoms with Crippen LogP contribution in [-0.4, -0.2) is 15.5 Å². The van der Waals surface area contributed by atoms with Crippen LogP contribution in [0.15, 0.2) is 30.6 Å². The van der Waals surface area contributed by atoms with Crippen molar-refractivity contribution in [2.24, 2.45) is 5.84 Å². The summed E-state index contributed by atoms with van der Waals surface area (Å²) in [4.78, 5) is 15.5. The summed E-state index contributed by atoms with van der Waals surface area (Å²) in [5.74, 6) is 4.70. The Morgan fingerprint density at radius 2 is 2.11 bits per heavy atom. The Morgan fingerprint density at radius 3 is 2.72 bits per heavy atom. The van der Waals surface area contributed by atoms with Crippen LogP contribution in [0.5, 0.6) is 0 Å². The van der Waals surface area contributed by atoms with Gasteiger partial charge in [-0.1, -0.05) is 23.7 Å². The number of benzene rings is 1. The molecule has 0 aliphatic carbocycles. The quantitative estimate of drug-likeness (QED) is 0.501. The van der Waals surface area contributed by atoms with Gasteiger partial charge in [0.15, 0.2) is 0 Å². The van der Waals surface area contributed by atoms with E-state index in [2.05, 4.69) is 10.4 Å². The normalized spacial score (nSPS) is 10.4. The number of hydrogen-bond acceptors (Lipinski definition) is 3. The molecule has 0 unspecified atom stereocenters. The van der Waals surface area contributed by atoms with Crippen LogP contribution in [-0.2, 0) is 6.54 Å². The van der Waals surface area contributed by atoms with Crippen molar-refractivity contribution in [2.75, 3.05) is 0 Å². The molecule has 0 fully saturated rings. The second kappa shape index (κ2) is 5.20. The highest BCUT2D eigenvalue weighted by molar-refractivity contribution is 6.30. The van der Waals surface area contributed by atoms with E-state index in [1.54, 1.807) is 6.33 Å². The Kier molecular flexibility index (Phi) is 3.64. The number of nitrogen functional groups attached to an aromatic ring is 1. The smallest absolute Gasteiger partial charge is 0.285 e. The molecule has 2 rings (SSSR count). The number of rotatable bonds is 3. The van der Waals surface area contributed by atoms with Gasteiger partial charge in [0.1, 0.15) is 5.69 Å². The molecule has 0 atom stereocenters. The molecule has 0 aliphatic rings. The van der Waals surface area contributed by atoms with Gasteiger partial charge in [-0.3, -0.25) is 10.2 Å². The van der Waals surface area contributed by atoms with E-state index in [1.807, 2.05) is 35.8 Å². The van der Waals surface area contributed by atoms with E-state index >= 15 is 0 Å². The van der Waals surface area contributed by atoms with Gasteiger partial charge in [0.2, 0.25) is 0 Å². The first kappa shape index (κ1) is 12.6. The molecule has 1 aromatic heterocycles. The summed E-state index contributed by atoms with van der Waals surface area (Å²) in [5, 5.41) is 0.698. The van der Waals surface area contributed by atoms with E-state index in [0.717, 1.165) is 11.3 Å². The molecule has 1 aromatic carbocycles. The SMILES string of the molecule is Cc1c(C(=O)NN)ncn1Cc1ccc(Cl)cc1. The number of nitrogens with two attached hydrogens (primary N) is 1. The summed E-state index contributed by atoms with van der Waals surface area (Å²) in [5.41, 5.74) is 4.27. The summed E-state index contributed by atoms with van der Waals surface area (Å²) in [6.07, 6.45) is 1.62. The van der Waals surface area contributed by atoms with Gasteiger partial charge < -0.3 is 4.57 Å². The number of imidazole rings is 1. The van der Waals surface area contributed by atoms with Crippen LogP contribution in [0, 0.1) is 6.92 Å². The molecule has 5 nitrogen and oxygen atoms in total. The predicted molar refractivity (Wildman–Crippen MR) is 69.2 cm³/mol. The summed E-state index contributed by atoms with van der Waals surface area (Å²) >= 11 is 5.82. The molecule has 0 saturated carbocycles. The van der Waals surface area contributed by atoms with Gasteiger partial charge in [0.05, 0.1) is 6.33 Å². The maximum absolute atomic E-state index is 11.4. The molecule has 6 heteroatoms. The third-order valence-corrected chi connectivity index (χ3v) is 2.96. The maximum Gasteiger partial charge on any atom is 0.285 e. The number of aromatic nitrogens is 2. The van der Waals surface area contributed by atoms with Gasteiger partial charge >= 0.3 is 0 Å². The Hall–Kier alpha value is -1.85. The summed E-state index contributed by atoms with van der Waals surface area (Å²) < 4.78 is 1.88. The van der Waals surface area contributed by atoms with Gasteiger partial charge in [-0.15, -0.1) is 0 Å². The second-order valence-corrected chi connectivity index (χ2v) is 4.34. The van der Waals surface area contributed by atoms with E-state index in [1.165, 1.54) is 0 Å². The number of amides is 1. The van der Waals surface area contributed by atoms with Gasteiger partial charge in [-0.2, -0.15) is 0 Å². The minimum absolute atomic E-state index is 0.339. The number of halogens is 1. The molecule has 0 bridgehead atoms. The van der Waals surface area contributed by atoms with E-state index in [0.29, 0.717) is 17.3 Å². The predicted octanol–water partition coefficient (Wildman–Crippen LogP) is 1.50. The van der Waals surface area contributed by atoms with Gasteiger partial charge in [-0.05, 0) is 24.6 Å². The van der Waals surface area contributed by atoms with Gasteiger partial charge in [-0.25, -0.2) is 10.8 Å². The Morgan fingerprint density at radius 1 is 1.44 bits per heavy atom. The molecule has 94 valence electrons. The lowest BCUT2D eigenvalue weighted by Crippen LogP contribution is -2.30. The summed E-state index contributed by atoms with van der Waals surface area (Å²) in [7, 11) is 0. The number of hydrogen-bond donors (Lipinski definition) is 2. The fourth-order valence-corrected chi connectivity index (χ4v) is 1.81. The topological polar surface area (TPSA) is 72.9 Å². The van der Waals surface area contributed by atoms with Crippen molar-refractivity contribution in [1.29, 1.82) is 0 Å². The average molecular weight is 265 g/mol. The molecule has 0 saturated heterocycles. The average Bonchev–Trinajstić information content (AvgIpc) is 2.73. The highest BCUT2D eigenvalue weighted by atomic mass is 35.5. The number of nitrogens with one attached hydrogen (secondary N) is 1. The number of carbonyl (C=O) groups is 1. The first-order chi connectivity index (χ1) is 8.61. The van der Waals surface area contributed by atoms with E-state index in [4.69, 9.17) is 17.4 Å². The summed E-state index contributed by atoms with van der Waals surface area (Å²) in [6, 6.07) is 7.53. The Bertz CT molecular complexity index is 562. The monoisotopic (exact) mass is 264 g/mol.